The average Bonchev–Trinajstić information content (AvgIpc) is 2.68. The summed E-state index contributed by atoms with van der Waals surface area (Å²) < 4.78 is 0. The number of para-hydroxylation sites is 1. The third-order valence-corrected chi connectivity index (χ3v) is 5.26. The SMILES string of the molecule is CCCc1cc(Nc2ccccc2C(=O)O)nc(SCc2ccccc2Cl)n1. The number of halogens is 1. The molecular formula is C21H20ClN3O2S. The predicted molar refractivity (Wildman–Crippen MR) is 114 cm³/mol. The number of aryl methyl sites for hydroxylation is 1. The van der Waals surface area contributed by atoms with Gasteiger partial charge in [0.25, 0.3) is 0 Å². The zero-order valence-corrected chi connectivity index (χ0v) is 16.9. The number of aromatic nitrogens is 2. The molecule has 7 heteroatoms. The van der Waals surface area contributed by atoms with E-state index in [-0.39, 0.29) is 5.56 Å². The summed E-state index contributed by atoms with van der Waals surface area (Å²) in [5.41, 5.74) is 2.63. The van der Waals surface area contributed by atoms with Crippen LogP contribution < -0.4 is 5.32 Å². The second-order valence-corrected chi connectivity index (χ2v) is 7.48. The number of rotatable bonds is 8. The maximum atomic E-state index is 11.5. The zero-order chi connectivity index (χ0) is 19.9. The molecule has 0 unspecified atom stereocenters. The van der Waals surface area contributed by atoms with Gasteiger partial charge in [-0.05, 0) is 30.2 Å². The highest BCUT2D eigenvalue weighted by Gasteiger charge is 2.12. The molecular weight excluding hydrogens is 394 g/mol. The van der Waals surface area contributed by atoms with Gasteiger partial charge >= 0.3 is 5.97 Å². The molecule has 0 atom stereocenters. The fourth-order valence-corrected chi connectivity index (χ4v) is 3.82. The fourth-order valence-electron chi connectivity index (χ4n) is 2.66. The Bertz CT molecular complexity index is 981. The second-order valence-electron chi connectivity index (χ2n) is 6.13. The fraction of sp³-hybridized carbons (Fsp3) is 0.190. The summed E-state index contributed by atoms with van der Waals surface area (Å²) in [5, 5.41) is 13.9. The molecule has 0 aliphatic rings. The van der Waals surface area contributed by atoms with Crippen LogP contribution in [0.4, 0.5) is 11.5 Å². The van der Waals surface area contributed by atoms with Crippen LogP contribution in [0.1, 0.15) is 35.0 Å². The van der Waals surface area contributed by atoms with Crippen molar-refractivity contribution in [3.63, 3.8) is 0 Å². The Hall–Kier alpha value is -2.57. The molecule has 0 spiro atoms. The minimum absolute atomic E-state index is 0.198. The molecule has 0 aliphatic carbocycles. The lowest BCUT2D eigenvalue weighted by Gasteiger charge is -2.11. The highest BCUT2D eigenvalue weighted by Crippen LogP contribution is 2.27. The van der Waals surface area contributed by atoms with Crippen LogP contribution in [0.25, 0.3) is 0 Å². The number of hydrogen-bond acceptors (Lipinski definition) is 5. The summed E-state index contributed by atoms with van der Waals surface area (Å²) in [6.07, 6.45) is 1.77. The number of nitrogens with one attached hydrogen (secondary N) is 1. The van der Waals surface area contributed by atoms with Crippen molar-refractivity contribution in [2.75, 3.05) is 5.32 Å². The Morgan fingerprint density at radius 2 is 1.89 bits per heavy atom. The molecule has 0 radical (unpaired) electrons. The number of carboxylic acids is 1. The first kappa shape index (κ1) is 20.2. The van der Waals surface area contributed by atoms with E-state index in [1.807, 2.05) is 30.3 Å². The van der Waals surface area contributed by atoms with Crippen molar-refractivity contribution >= 4 is 40.8 Å². The third-order valence-electron chi connectivity index (χ3n) is 4.00. The van der Waals surface area contributed by atoms with Gasteiger partial charge in [0.1, 0.15) is 5.82 Å². The largest absolute Gasteiger partial charge is 0.478 e. The van der Waals surface area contributed by atoms with Crippen LogP contribution >= 0.6 is 23.4 Å². The molecule has 3 rings (SSSR count). The minimum atomic E-state index is -0.987. The molecule has 3 aromatic rings. The van der Waals surface area contributed by atoms with Crippen LogP contribution in [0, 0.1) is 0 Å². The van der Waals surface area contributed by atoms with E-state index >= 15 is 0 Å². The van der Waals surface area contributed by atoms with Crippen LogP contribution in [0.15, 0.2) is 59.8 Å². The first-order chi connectivity index (χ1) is 13.6. The van der Waals surface area contributed by atoms with E-state index in [0.29, 0.717) is 27.4 Å². The van der Waals surface area contributed by atoms with Gasteiger partial charge in [-0.15, -0.1) is 0 Å². The summed E-state index contributed by atoms with van der Waals surface area (Å²) in [6, 6.07) is 16.3. The summed E-state index contributed by atoms with van der Waals surface area (Å²) in [7, 11) is 0. The van der Waals surface area contributed by atoms with Crippen molar-refractivity contribution < 1.29 is 9.90 Å². The number of anilines is 2. The molecule has 2 N–H and O–H groups in total. The summed E-state index contributed by atoms with van der Waals surface area (Å²) >= 11 is 7.73. The molecule has 144 valence electrons. The summed E-state index contributed by atoms with van der Waals surface area (Å²) in [4.78, 5) is 20.6. The number of nitrogens with zero attached hydrogens (tertiary/aromatic N) is 2. The van der Waals surface area contributed by atoms with Gasteiger partial charge < -0.3 is 10.4 Å². The van der Waals surface area contributed by atoms with Crippen LogP contribution in [0.5, 0.6) is 0 Å². The highest BCUT2D eigenvalue weighted by atomic mass is 35.5. The maximum absolute atomic E-state index is 11.5. The molecule has 28 heavy (non-hydrogen) atoms. The molecule has 5 nitrogen and oxygen atoms in total. The van der Waals surface area contributed by atoms with Crippen molar-refractivity contribution in [3.05, 3.63) is 76.4 Å². The molecule has 0 saturated carbocycles. The van der Waals surface area contributed by atoms with Gasteiger partial charge in [0, 0.05) is 22.5 Å². The van der Waals surface area contributed by atoms with Crippen LogP contribution in [-0.2, 0) is 12.2 Å². The Kier molecular flexibility index (Phi) is 6.90. The number of carbonyl (C=O) groups is 1. The van der Waals surface area contributed by atoms with Gasteiger partial charge in [-0.2, -0.15) is 0 Å². The molecule has 0 amide bonds. The van der Waals surface area contributed by atoms with Crippen molar-refractivity contribution in [2.45, 2.75) is 30.7 Å². The molecule has 0 fully saturated rings. The summed E-state index contributed by atoms with van der Waals surface area (Å²) in [6.45, 7) is 2.09. The molecule has 0 saturated heterocycles. The Morgan fingerprint density at radius 3 is 2.64 bits per heavy atom. The van der Waals surface area contributed by atoms with Gasteiger partial charge in [0.05, 0.1) is 11.3 Å². The molecule has 2 aromatic carbocycles. The van der Waals surface area contributed by atoms with Crippen LogP contribution in [-0.4, -0.2) is 21.0 Å². The number of aromatic carboxylic acids is 1. The van der Waals surface area contributed by atoms with Crippen LogP contribution in [0.2, 0.25) is 5.02 Å². The Morgan fingerprint density at radius 1 is 1.14 bits per heavy atom. The van der Waals surface area contributed by atoms with Gasteiger partial charge in [-0.25, -0.2) is 14.8 Å². The van der Waals surface area contributed by atoms with Gasteiger partial charge in [0.15, 0.2) is 5.16 Å². The molecule has 1 aromatic heterocycles. The van der Waals surface area contributed by atoms with Gasteiger partial charge in [-0.1, -0.05) is 67.0 Å². The van der Waals surface area contributed by atoms with Gasteiger partial charge in [-0.3, -0.25) is 0 Å². The number of carboxylic acid groups (broad SMARTS) is 1. The minimum Gasteiger partial charge on any atom is -0.478 e. The number of thioether (sulfide) groups is 1. The average molecular weight is 414 g/mol. The molecule has 0 aliphatic heterocycles. The van der Waals surface area contributed by atoms with Crippen molar-refractivity contribution in [1.82, 2.24) is 9.97 Å². The van der Waals surface area contributed by atoms with Crippen molar-refractivity contribution in [1.29, 1.82) is 0 Å². The van der Waals surface area contributed by atoms with E-state index in [1.54, 1.807) is 24.3 Å². The van der Waals surface area contributed by atoms with E-state index in [1.165, 1.54) is 11.8 Å². The zero-order valence-electron chi connectivity index (χ0n) is 15.4. The standard InChI is InChI=1S/C21H20ClN3O2S/c1-2-7-15-12-19(24-18-11-6-4-9-16(18)20(26)27)25-21(23-15)28-13-14-8-3-5-10-17(14)22/h3-6,8-12H,2,7,13H2,1H3,(H,26,27)(H,23,24,25). The lowest BCUT2D eigenvalue weighted by atomic mass is 10.2. The number of benzene rings is 2. The monoisotopic (exact) mass is 413 g/mol. The second kappa shape index (κ2) is 9.57. The molecule has 1 heterocycles. The number of hydrogen-bond donors (Lipinski definition) is 2. The topological polar surface area (TPSA) is 75.1 Å². The van der Waals surface area contributed by atoms with Crippen LogP contribution in [0.3, 0.4) is 0 Å². The lowest BCUT2D eigenvalue weighted by molar-refractivity contribution is 0.0698. The highest BCUT2D eigenvalue weighted by molar-refractivity contribution is 7.98. The quantitative estimate of drug-likeness (QED) is 0.358. The van der Waals surface area contributed by atoms with Crippen molar-refractivity contribution in [3.8, 4) is 0 Å². The summed E-state index contributed by atoms with van der Waals surface area (Å²) in [5.74, 6) is 0.244. The smallest absolute Gasteiger partial charge is 0.337 e. The van der Waals surface area contributed by atoms with E-state index in [0.717, 1.165) is 24.1 Å². The first-order valence-electron chi connectivity index (χ1n) is 8.90. The van der Waals surface area contributed by atoms with Gasteiger partial charge in [0.2, 0.25) is 0 Å². The van der Waals surface area contributed by atoms with E-state index in [9.17, 15) is 9.90 Å². The Balaban J connectivity index is 1.85. The Labute approximate surface area is 173 Å². The maximum Gasteiger partial charge on any atom is 0.337 e. The van der Waals surface area contributed by atoms with E-state index in [2.05, 4.69) is 22.2 Å². The predicted octanol–water partition coefficient (Wildman–Crippen LogP) is 5.82. The van der Waals surface area contributed by atoms with E-state index < -0.39 is 5.97 Å². The normalized spacial score (nSPS) is 10.6. The molecule has 0 bridgehead atoms. The van der Waals surface area contributed by atoms with E-state index in [4.69, 9.17) is 11.6 Å². The third kappa shape index (κ3) is 5.24. The first-order valence-corrected chi connectivity index (χ1v) is 10.3. The van der Waals surface area contributed by atoms with Crippen molar-refractivity contribution in [2.24, 2.45) is 0 Å². The lowest BCUT2D eigenvalue weighted by Crippen LogP contribution is -2.05.